The van der Waals surface area contributed by atoms with Crippen LogP contribution in [0.3, 0.4) is 0 Å². The molecule has 1 aromatic carbocycles. The normalized spacial score (nSPS) is 20.4. The number of hydrogen-bond donors (Lipinski definition) is 3. The van der Waals surface area contributed by atoms with Gasteiger partial charge in [-0.3, -0.25) is 8.98 Å². The number of ketones is 1. The summed E-state index contributed by atoms with van der Waals surface area (Å²) >= 11 is 3.46. The van der Waals surface area contributed by atoms with Gasteiger partial charge < -0.3 is 15.0 Å². The summed E-state index contributed by atoms with van der Waals surface area (Å²) in [5, 5.41) is 18.3. The quantitative estimate of drug-likeness (QED) is 0.343. The number of rotatable bonds is 9. The van der Waals surface area contributed by atoms with E-state index in [9.17, 15) is 18.3 Å². The highest BCUT2D eigenvalue weighted by Gasteiger charge is 2.34. The van der Waals surface area contributed by atoms with E-state index in [0.717, 1.165) is 10.0 Å². The third kappa shape index (κ3) is 6.27. The highest BCUT2D eigenvalue weighted by Crippen LogP contribution is 2.30. The predicted octanol–water partition coefficient (Wildman–Crippen LogP) is 2.09. The zero-order valence-electron chi connectivity index (χ0n) is 18.0. The molecule has 1 saturated carbocycles. The summed E-state index contributed by atoms with van der Waals surface area (Å²) < 4.78 is 29.6. The largest absolute Gasteiger partial charge is 0.393 e. The second kappa shape index (κ2) is 10.3. The van der Waals surface area contributed by atoms with Gasteiger partial charge in [0, 0.05) is 47.1 Å². The zero-order chi connectivity index (χ0) is 24.3. The maximum atomic E-state index is 13.2. The molecule has 0 amide bonds. The molecule has 0 saturated heterocycles. The molecule has 180 valence electrons. The molecule has 0 aliphatic heterocycles. The van der Waals surface area contributed by atoms with E-state index in [-0.39, 0.29) is 18.4 Å². The Kier molecular flexibility index (Phi) is 7.43. The second-order valence-electron chi connectivity index (χ2n) is 8.23. The average molecular weight is 550 g/mol. The van der Waals surface area contributed by atoms with Crippen LogP contribution in [0.5, 0.6) is 0 Å². The topological polar surface area (TPSA) is 149 Å². The number of aromatic nitrogens is 3. The standard InChI is InChI=1S/C22H24BrN5O5S/c23-17-3-1-2-14(6-17)10-28-5-4-15(11-28)21(30)19-9-25-13-26-22(19)27-18-7-16(20(29)8-18)12-33-34(24,31)32/h1-6,9,11,13,16,18,20,29H,7-8,10,12H2,(H2,24,31,32)(H,25,26,27)/t16-,18+,20-/m0/s1. The predicted molar refractivity (Wildman–Crippen MR) is 128 cm³/mol. The van der Waals surface area contributed by atoms with Crippen LogP contribution >= 0.6 is 15.9 Å². The van der Waals surface area contributed by atoms with Crippen LogP contribution in [-0.4, -0.2) is 52.6 Å². The fourth-order valence-electron chi connectivity index (χ4n) is 4.06. The number of nitrogens with two attached hydrogens (primary N) is 1. The molecule has 10 nitrogen and oxygen atoms in total. The summed E-state index contributed by atoms with van der Waals surface area (Å²) in [4.78, 5) is 21.4. The van der Waals surface area contributed by atoms with Crippen molar-refractivity contribution in [3.63, 3.8) is 0 Å². The van der Waals surface area contributed by atoms with Gasteiger partial charge in [-0.05, 0) is 36.6 Å². The number of hydrogen-bond acceptors (Lipinski definition) is 8. The number of aliphatic hydroxyl groups is 1. The van der Waals surface area contributed by atoms with E-state index in [1.807, 2.05) is 35.0 Å². The zero-order valence-corrected chi connectivity index (χ0v) is 20.4. The summed E-state index contributed by atoms with van der Waals surface area (Å²) in [6.45, 7) is 0.407. The lowest BCUT2D eigenvalue weighted by Gasteiger charge is -2.15. The van der Waals surface area contributed by atoms with E-state index in [1.165, 1.54) is 12.5 Å². The van der Waals surface area contributed by atoms with Crippen molar-refractivity contribution in [1.29, 1.82) is 0 Å². The number of halogens is 1. The van der Waals surface area contributed by atoms with Crippen molar-refractivity contribution < 1.29 is 22.5 Å². The summed E-state index contributed by atoms with van der Waals surface area (Å²) in [6.07, 6.45) is 6.42. The highest BCUT2D eigenvalue weighted by molar-refractivity contribution is 9.10. The van der Waals surface area contributed by atoms with Gasteiger partial charge in [0.2, 0.25) is 0 Å². The Morgan fingerprint density at radius 1 is 1.32 bits per heavy atom. The van der Waals surface area contributed by atoms with Crippen molar-refractivity contribution in [2.45, 2.75) is 31.5 Å². The van der Waals surface area contributed by atoms with E-state index in [4.69, 9.17) is 5.14 Å². The van der Waals surface area contributed by atoms with Gasteiger partial charge in [-0.1, -0.05) is 28.1 Å². The van der Waals surface area contributed by atoms with Crippen molar-refractivity contribution in [3.8, 4) is 0 Å². The lowest BCUT2D eigenvalue weighted by atomic mass is 10.1. The fourth-order valence-corrected chi connectivity index (χ4v) is 4.87. The molecular weight excluding hydrogens is 526 g/mol. The molecule has 1 aliphatic carbocycles. The van der Waals surface area contributed by atoms with Gasteiger partial charge in [0.15, 0.2) is 5.78 Å². The molecule has 34 heavy (non-hydrogen) atoms. The number of nitrogens with one attached hydrogen (secondary N) is 1. The Morgan fingerprint density at radius 2 is 2.15 bits per heavy atom. The molecule has 2 heterocycles. The molecule has 12 heteroatoms. The number of anilines is 1. The average Bonchev–Trinajstić information content (AvgIpc) is 3.38. The minimum Gasteiger partial charge on any atom is -0.393 e. The second-order valence-corrected chi connectivity index (χ2v) is 10.4. The summed E-state index contributed by atoms with van der Waals surface area (Å²) in [6, 6.07) is 9.46. The number of nitrogens with zero attached hydrogens (tertiary/aromatic N) is 3. The van der Waals surface area contributed by atoms with Crippen molar-refractivity contribution in [3.05, 3.63) is 76.4 Å². The molecule has 1 aliphatic rings. The van der Waals surface area contributed by atoms with Gasteiger partial charge in [0.25, 0.3) is 0 Å². The number of aliphatic hydroxyl groups excluding tert-OH is 1. The molecule has 3 aromatic rings. The number of carbonyl (C=O) groups is 1. The third-order valence-corrected chi connectivity index (χ3v) is 6.63. The summed E-state index contributed by atoms with van der Waals surface area (Å²) in [5.74, 6) is -0.294. The minimum atomic E-state index is -4.08. The first-order valence-corrected chi connectivity index (χ1v) is 12.8. The monoisotopic (exact) mass is 549 g/mol. The van der Waals surface area contributed by atoms with E-state index >= 15 is 0 Å². The fraction of sp³-hybridized carbons (Fsp3) is 0.318. The van der Waals surface area contributed by atoms with E-state index in [1.54, 1.807) is 12.3 Å². The van der Waals surface area contributed by atoms with Gasteiger partial charge in [0.05, 0.1) is 18.3 Å². The van der Waals surface area contributed by atoms with Crippen LogP contribution in [-0.2, 0) is 21.0 Å². The van der Waals surface area contributed by atoms with Crippen molar-refractivity contribution in [2.75, 3.05) is 11.9 Å². The molecule has 4 N–H and O–H groups in total. The van der Waals surface area contributed by atoms with Crippen LogP contribution in [0.25, 0.3) is 0 Å². The van der Waals surface area contributed by atoms with Crippen LogP contribution in [0.2, 0.25) is 0 Å². The molecule has 4 rings (SSSR count). The van der Waals surface area contributed by atoms with Crippen LogP contribution in [0, 0.1) is 5.92 Å². The highest BCUT2D eigenvalue weighted by atomic mass is 79.9. The summed E-state index contributed by atoms with van der Waals surface area (Å²) in [7, 11) is -4.08. The molecule has 0 spiro atoms. The molecule has 0 radical (unpaired) electrons. The lowest BCUT2D eigenvalue weighted by Crippen LogP contribution is -2.24. The van der Waals surface area contributed by atoms with Crippen LogP contribution in [0.15, 0.2) is 59.7 Å². The molecular formula is C22H24BrN5O5S. The minimum absolute atomic E-state index is 0.209. The van der Waals surface area contributed by atoms with Crippen LogP contribution in [0.4, 0.5) is 5.82 Å². The lowest BCUT2D eigenvalue weighted by molar-refractivity contribution is 0.101. The van der Waals surface area contributed by atoms with Gasteiger partial charge in [0.1, 0.15) is 12.1 Å². The first kappa shape index (κ1) is 24.5. The first-order chi connectivity index (χ1) is 16.2. The number of carbonyl (C=O) groups excluding carboxylic acids is 1. The molecule has 1 fully saturated rings. The van der Waals surface area contributed by atoms with E-state index in [0.29, 0.717) is 36.3 Å². The van der Waals surface area contributed by atoms with Crippen molar-refractivity contribution >= 4 is 37.8 Å². The molecule has 3 atom stereocenters. The Balaban J connectivity index is 1.44. The summed E-state index contributed by atoms with van der Waals surface area (Å²) in [5.41, 5.74) is 1.90. The van der Waals surface area contributed by atoms with Gasteiger partial charge >= 0.3 is 10.3 Å². The van der Waals surface area contributed by atoms with Crippen molar-refractivity contribution in [1.82, 2.24) is 14.5 Å². The van der Waals surface area contributed by atoms with Gasteiger partial charge in [-0.25, -0.2) is 15.1 Å². The smallest absolute Gasteiger partial charge is 0.333 e. The molecule has 2 aromatic heterocycles. The third-order valence-electron chi connectivity index (χ3n) is 5.67. The first-order valence-electron chi connectivity index (χ1n) is 10.5. The van der Waals surface area contributed by atoms with Gasteiger partial charge in [-0.2, -0.15) is 8.42 Å². The SMILES string of the molecule is NS(=O)(=O)OC[C@@H]1C[C@@H](Nc2ncncc2C(=O)c2ccn(Cc3cccc(Br)c3)c2)C[C@@H]1O. The van der Waals surface area contributed by atoms with Crippen molar-refractivity contribution in [2.24, 2.45) is 11.1 Å². The maximum absolute atomic E-state index is 13.2. The Bertz CT molecular complexity index is 1280. The Hall–Kier alpha value is -2.64. The van der Waals surface area contributed by atoms with Crippen LogP contribution in [0.1, 0.15) is 34.3 Å². The van der Waals surface area contributed by atoms with Gasteiger partial charge in [-0.15, -0.1) is 0 Å². The molecule has 0 bridgehead atoms. The molecule has 0 unspecified atom stereocenters. The number of benzene rings is 1. The van der Waals surface area contributed by atoms with Crippen LogP contribution < -0.4 is 10.5 Å². The van der Waals surface area contributed by atoms with E-state index in [2.05, 4.69) is 35.4 Å². The Labute approximate surface area is 205 Å². The Morgan fingerprint density at radius 3 is 2.91 bits per heavy atom. The van der Waals surface area contributed by atoms with E-state index < -0.39 is 22.3 Å². The maximum Gasteiger partial charge on any atom is 0.333 e.